The van der Waals surface area contributed by atoms with Gasteiger partial charge in [-0.15, -0.1) is 11.3 Å². The Hall–Kier alpha value is -0.940. The van der Waals surface area contributed by atoms with Crippen LogP contribution in [0.3, 0.4) is 0 Å². The van der Waals surface area contributed by atoms with Gasteiger partial charge in [0.2, 0.25) is 0 Å². The number of aromatic nitrogens is 2. The van der Waals surface area contributed by atoms with Gasteiger partial charge in [0.1, 0.15) is 4.60 Å². The van der Waals surface area contributed by atoms with E-state index in [4.69, 9.17) is 5.73 Å². The van der Waals surface area contributed by atoms with Crippen molar-refractivity contribution in [2.45, 2.75) is 6.42 Å². The summed E-state index contributed by atoms with van der Waals surface area (Å²) < 4.78 is 0.825. The average Bonchev–Trinajstić information content (AvgIpc) is 2.47. The number of nitrogens with zero attached hydrogens (tertiary/aromatic N) is 2. The van der Waals surface area contributed by atoms with Crippen LogP contribution in [0.2, 0.25) is 0 Å². The Morgan fingerprint density at radius 2 is 2.29 bits per heavy atom. The number of rotatable bonds is 2. The molecule has 0 aliphatic carbocycles. The van der Waals surface area contributed by atoms with Crippen molar-refractivity contribution in [2.24, 2.45) is 0 Å². The van der Waals surface area contributed by atoms with Crippen molar-refractivity contribution in [1.29, 1.82) is 0 Å². The Morgan fingerprint density at radius 3 is 2.86 bits per heavy atom. The van der Waals surface area contributed by atoms with E-state index in [-0.39, 0.29) is 0 Å². The highest BCUT2D eigenvalue weighted by atomic mass is 79.9. The molecule has 0 aromatic carbocycles. The minimum absolute atomic E-state index is 0.586. The molecule has 2 rings (SSSR count). The molecule has 5 heteroatoms. The van der Waals surface area contributed by atoms with Gasteiger partial charge in [0, 0.05) is 23.2 Å². The minimum Gasteiger partial charge on any atom is -0.375 e. The van der Waals surface area contributed by atoms with Crippen LogP contribution in [0, 0.1) is 0 Å². The standard InChI is InChI=1S/C9H8BrN3S/c10-8-7(14-9(11)13-8)5-6-3-1-2-4-12-6/h1-4H,5H2,(H2,11,13). The predicted octanol–water partition coefficient (Wildman–Crippen LogP) is 2.47. The largest absolute Gasteiger partial charge is 0.375 e. The molecule has 0 spiro atoms. The molecule has 0 unspecified atom stereocenters. The molecule has 0 bridgehead atoms. The van der Waals surface area contributed by atoms with E-state index in [1.165, 1.54) is 11.3 Å². The Morgan fingerprint density at radius 1 is 1.43 bits per heavy atom. The van der Waals surface area contributed by atoms with Crippen molar-refractivity contribution in [3.05, 3.63) is 39.6 Å². The fourth-order valence-electron chi connectivity index (χ4n) is 1.13. The summed E-state index contributed by atoms with van der Waals surface area (Å²) in [4.78, 5) is 9.45. The molecule has 3 nitrogen and oxygen atoms in total. The number of halogens is 1. The van der Waals surface area contributed by atoms with Crippen LogP contribution in [0.4, 0.5) is 5.13 Å². The maximum absolute atomic E-state index is 5.59. The lowest BCUT2D eigenvalue weighted by atomic mass is 10.2. The fraction of sp³-hybridized carbons (Fsp3) is 0.111. The van der Waals surface area contributed by atoms with E-state index in [0.717, 1.165) is 21.6 Å². The smallest absolute Gasteiger partial charge is 0.181 e. The fourth-order valence-corrected chi connectivity index (χ4v) is 2.56. The molecule has 2 aromatic rings. The molecule has 2 N–H and O–H groups in total. The molecular weight excluding hydrogens is 262 g/mol. The summed E-state index contributed by atoms with van der Waals surface area (Å²) in [6.45, 7) is 0. The molecule has 0 aliphatic rings. The first-order valence-electron chi connectivity index (χ1n) is 4.06. The van der Waals surface area contributed by atoms with Crippen molar-refractivity contribution in [1.82, 2.24) is 9.97 Å². The molecule has 0 radical (unpaired) electrons. The molecule has 2 aromatic heterocycles. The van der Waals surface area contributed by atoms with Crippen LogP contribution in [-0.2, 0) is 6.42 Å². The van der Waals surface area contributed by atoms with Crippen molar-refractivity contribution in [2.75, 3.05) is 5.73 Å². The topological polar surface area (TPSA) is 51.8 Å². The summed E-state index contributed by atoms with van der Waals surface area (Å²) in [5.74, 6) is 0. The Balaban J connectivity index is 2.23. The molecule has 0 saturated carbocycles. The molecule has 0 fully saturated rings. The van der Waals surface area contributed by atoms with Gasteiger partial charge in [-0.2, -0.15) is 0 Å². The van der Waals surface area contributed by atoms with Gasteiger partial charge in [-0.25, -0.2) is 4.98 Å². The number of anilines is 1. The third kappa shape index (κ3) is 2.10. The summed E-state index contributed by atoms with van der Waals surface area (Å²) >= 11 is 4.86. The maximum atomic E-state index is 5.59. The highest BCUT2D eigenvalue weighted by Gasteiger charge is 2.07. The van der Waals surface area contributed by atoms with E-state index in [1.54, 1.807) is 6.20 Å². The van der Waals surface area contributed by atoms with Crippen molar-refractivity contribution >= 4 is 32.4 Å². The van der Waals surface area contributed by atoms with Gasteiger partial charge in [0.25, 0.3) is 0 Å². The average molecular weight is 270 g/mol. The summed E-state index contributed by atoms with van der Waals surface area (Å²) in [6.07, 6.45) is 2.56. The zero-order valence-electron chi connectivity index (χ0n) is 7.27. The number of nitrogen functional groups attached to an aromatic ring is 1. The van der Waals surface area contributed by atoms with Gasteiger partial charge in [-0.05, 0) is 28.1 Å². The molecule has 0 atom stereocenters. The van der Waals surface area contributed by atoms with Gasteiger partial charge >= 0.3 is 0 Å². The lowest BCUT2D eigenvalue weighted by Crippen LogP contribution is -1.88. The number of hydrogen-bond donors (Lipinski definition) is 1. The van der Waals surface area contributed by atoms with E-state index < -0.39 is 0 Å². The van der Waals surface area contributed by atoms with Crippen molar-refractivity contribution in [3.63, 3.8) is 0 Å². The molecule has 0 amide bonds. The Labute approximate surface area is 94.1 Å². The van der Waals surface area contributed by atoms with E-state index in [1.807, 2.05) is 18.2 Å². The zero-order valence-corrected chi connectivity index (χ0v) is 9.68. The van der Waals surface area contributed by atoms with Gasteiger partial charge in [-0.1, -0.05) is 6.07 Å². The molecule has 0 aliphatic heterocycles. The van der Waals surface area contributed by atoms with Crippen molar-refractivity contribution in [3.8, 4) is 0 Å². The third-order valence-corrected chi connectivity index (χ3v) is 3.54. The van der Waals surface area contributed by atoms with Gasteiger partial charge in [0.05, 0.1) is 0 Å². The van der Waals surface area contributed by atoms with Crippen LogP contribution < -0.4 is 5.73 Å². The van der Waals surface area contributed by atoms with Crippen LogP contribution >= 0.6 is 27.3 Å². The zero-order chi connectivity index (χ0) is 9.97. The van der Waals surface area contributed by atoms with Gasteiger partial charge in [-0.3, -0.25) is 4.98 Å². The van der Waals surface area contributed by atoms with E-state index in [9.17, 15) is 0 Å². The quantitative estimate of drug-likeness (QED) is 0.912. The SMILES string of the molecule is Nc1nc(Br)c(Cc2ccccn2)s1. The number of hydrogen-bond acceptors (Lipinski definition) is 4. The minimum atomic E-state index is 0.586. The van der Waals surface area contributed by atoms with Crippen LogP contribution in [-0.4, -0.2) is 9.97 Å². The molecule has 0 saturated heterocycles. The van der Waals surface area contributed by atoms with E-state index in [2.05, 4.69) is 25.9 Å². The normalized spacial score (nSPS) is 10.4. The summed E-state index contributed by atoms with van der Waals surface area (Å²) in [6, 6.07) is 5.86. The summed E-state index contributed by atoms with van der Waals surface area (Å²) in [5.41, 5.74) is 6.61. The van der Waals surface area contributed by atoms with Crippen LogP contribution in [0.5, 0.6) is 0 Å². The molecular formula is C9H8BrN3S. The number of nitrogens with two attached hydrogens (primary N) is 1. The maximum Gasteiger partial charge on any atom is 0.181 e. The highest BCUT2D eigenvalue weighted by molar-refractivity contribution is 9.10. The second-order valence-corrected chi connectivity index (χ2v) is 4.63. The molecule has 14 heavy (non-hydrogen) atoms. The first-order valence-corrected chi connectivity index (χ1v) is 5.67. The lowest BCUT2D eigenvalue weighted by Gasteiger charge is -1.96. The second kappa shape index (κ2) is 4.06. The first kappa shape index (κ1) is 9.61. The first-order chi connectivity index (χ1) is 6.75. The van der Waals surface area contributed by atoms with Crippen LogP contribution in [0.1, 0.15) is 10.6 Å². The van der Waals surface area contributed by atoms with Gasteiger partial charge in [0.15, 0.2) is 5.13 Å². The molecule has 2 heterocycles. The molecule has 72 valence electrons. The van der Waals surface area contributed by atoms with E-state index in [0.29, 0.717) is 5.13 Å². The second-order valence-electron chi connectivity index (χ2n) is 2.76. The lowest BCUT2D eigenvalue weighted by molar-refractivity contribution is 1.08. The van der Waals surface area contributed by atoms with Crippen LogP contribution in [0.15, 0.2) is 29.0 Å². The van der Waals surface area contributed by atoms with Crippen LogP contribution in [0.25, 0.3) is 0 Å². The van der Waals surface area contributed by atoms with E-state index >= 15 is 0 Å². The summed E-state index contributed by atoms with van der Waals surface area (Å²) in [7, 11) is 0. The monoisotopic (exact) mass is 269 g/mol. The summed E-state index contributed by atoms with van der Waals surface area (Å²) in [5, 5.41) is 0.586. The Kier molecular flexibility index (Phi) is 2.79. The third-order valence-electron chi connectivity index (χ3n) is 1.73. The predicted molar refractivity (Wildman–Crippen MR) is 61.3 cm³/mol. The number of pyridine rings is 1. The number of thiazole rings is 1. The van der Waals surface area contributed by atoms with Gasteiger partial charge < -0.3 is 5.73 Å². The Bertz CT molecular complexity index is 427. The highest BCUT2D eigenvalue weighted by Crippen LogP contribution is 2.26. The van der Waals surface area contributed by atoms with Crippen molar-refractivity contribution < 1.29 is 0 Å².